The molecule has 2 N–H and O–H groups in total. The van der Waals surface area contributed by atoms with Crippen LogP contribution in [0, 0.1) is 29.6 Å². The highest BCUT2D eigenvalue weighted by Crippen LogP contribution is 2.66. The van der Waals surface area contributed by atoms with Gasteiger partial charge in [-0.25, -0.2) is 0 Å². The number of hydrogen-bond acceptors (Lipinski definition) is 3. The van der Waals surface area contributed by atoms with Crippen LogP contribution < -0.4 is 0 Å². The fourth-order valence-corrected chi connectivity index (χ4v) is 4.17. The standard InChI is InChI=1S/C15H26O3/c1-8(2)10(6-5-9(3)16)13-11-7-12(17)15(4,18)14(11)13/h8,10-14,17-18H,5-7H2,1-4H3/t10-,11+,12+,13+,14+,15+/m1/s1. The first-order valence-electron chi connectivity index (χ1n) is 7.16. The molecule has 0 aromatic rings. The molecule has 0 aliphatic heterocycles. The highest BCUT2D eigenvalue weighted by atomic mass is 16.3. The van der Waals surface area contributed by atoms with Gasteiger partial charge in [0.15, 0.2) is 0 Å². The maximum absolute atomic E-state index is 11.2. The van der Waals surface area contributed by atoms with Gasteiger partial charge in [0.25, 0.3) is 0 Å². The third kappa shape index (κ3) is 2.23. The monoisotopic (exact) mass is 254 g/mol. The van der Waals surface area contributed by atoms with Gasteiger partial charge in [-0.15, -0.1) is 0 Å². The highest BCUT2D eigenvalue weighted by molar-refractivity contribution is 5.75. The summed E-state index contributed by atoms with van der Waals surface area (Å²) in [7, 11) is 0. The van der Waals surface area contributed by atoms with Crippen LogP contribution in [0.25, 0.3) is 0 Å². The van der Waals surface area contributed by atoms with E-state index in [9.17, 15) is 15.0 Å². The van der Waals surface area contributed by atoms with Crippen molar-refractivity contribution < 1.29 is 15.0 Å². The molecular weight excluding hydrogens is 228 g/mol. The van der Waals surface area contributed by atoms with Crippen molar-refractivity contribution in [1.29, 1.82) is 0 Å². The molecule has 3 heteroatoms. The first-order chi connectivity index (χ1) is 8.26. The van der Waals surface area contributed by atoms with Crippen LogP contribution in [-0.4, -0.2) is 27.7 Å². The van der Waals surface area contributed by atoms with Gasteiger partial charge in [-0.3, -0.25) is 0 Å². The Kier molecular flexibility index (Phi) is 3.58. The van der Waals surface area contributed by atoms with E-state index in [-0.39, 0.29) is 11.7 Å². The summed E-state index contributed by atoms with van der Waals surface area (Å²) in [5, 5.41) is 20.1. The second kappa shape index (κ2) is 4.61. The molecule has 0 radical (unpaired) electrons. The molecule has 0 heterocycles. The lowest BCUT2D eigenvalue weighted by molar-refractivity contribution is -0.117. The number of ketones is 1. The van der Waals surface area contributed by atoms with Crippen LogP contribution in [0.15, 0.2) is 0 Å². The van der Waals surface area contributed by atoms with Gasteiger partial charge in [-0.2, -0.15) is 0 Å². The zero-order valence-electron chi connectivity index (χ0n) is 11.9. The molecule has 0 aromatic heterocycles. The van der Waals surface area contributed by atoms with E-state index in [2.05, 4.69) is 13.8 Å². The van der Waals surface area contributed by atoms with Gasteiger partial charge in [-0.1, -0.05) is 13.8 Å². The van der Waals surface area contributed by atoms with Crippen molar-refractivity contribution in [2.45, 2.75) is 58.7 Å². The Hall–Kier alpha value is -0.410. The Labute approximate surface area is 110 Å². The molecule has 2 fully saturated rings. The number of aliphatic hydroxyl groups excluding tert-OH is 1. The summed E-state index contributed by atoms with van der Waals surface area (Å²) in [6.45, 7) is 7.81. The summed E-state index contributed by atoms with van der Waals surface area (Å²) in [5.74, 6) is 2.50. The van der Waals surface area contributed by atoms with E-state index in [4.69, 9.17) is 0 Å². The van der Waals surface area contributed by atoms with Crippen LogP contribution in [0.1, 0.15) is 47.0 Å². The molecule has 0 spiro atoms. The first-order valence-corrected chi connectivity index (χ1v) is 7.16. The molecule has 0 bridgehead atoms. The lowest BCUT2D eigenvalue weighted by atomic mass is 9.80. The van der Waals surface area contributed by atoms with Gasteiger partial charge in [0.2, 0.25) is 0 Å². The van der Waals surface area contributed by atoms with E-state index >= 15 is 0 Å². The number of carbonyl (C=O) groups is 1. The number of aliphatic hydroxyl groups is 2. The molecule has 2 aliphatic rings. The van der Waals surface area contributed by atoms with Crippen LogP contribution in [0.4, 0.5) is 0 Å². The average Bonchev–Trinajstić information content (AvgIpc) is 2.85. The van der Waals surface area contributed by atoms with Crippen molar-refractivity contribution in [2.75, 3.05) is 0 Å². The SMILES string of the molecule is CC(=O)CC[C@H](C(C)C)[C@H]1[C@@H]2C[C@H](O)[C@](C)(O)[C@@H]21. The maximum atomic E-state index is 11.2. The largest absolute Gasteiger partial charge is 0.390 e. The summed E-state index contributed by atoms with van der Waals surface area (Å²) >= 11 is 0. The quantitative estimate of drug-likeness (QED) is 0.789. The van der Waals surface area contributed by atoms with E-state index in [1.165, 1.54) is 0 Å². The van der Waals surface area contributed by atoms with Gasteiger partial charge in [0.1, 0.15) is 5.78 Å². The molecule has 2 saturated carbocycles. The Bertz CT molecular complexity index is 335. The van der Waals surface area contributed by atoms with Crippen molar-refractivity contribution in [3.05, 3.63) is 0 Å². The van der Waals surface area contributed by atoms with Gasteiger partial charge in [0, 0.05) is 6.42 Å². The van der Waals surface area contributed by atoms with Crippen LogP contribution in [0.3, 0.4) is 0 Å². The smallest absolute Gasteiger partial charge is 0.129 e. The van der Waals surface area contributed by atoms with Crippen LogP contribution in [0.5, 0.6) is 0 Å². The Morgan fingerprint density at radius 1 is 1.44 bits per heavy atom. The van der Waals surface area contributed by atoms with E-state index < -0.39 is 11.7 Å². The average molecular weight is 254 g/mol. The summed E-state index contributed by atoms with van der Waals surface area (Å²) < 4.78 is 0. The molecule has 104 valence electrons. The van der Waals surface area contributed by atoms with Crippen molar-refractivity contribution in [3.63, 3.8) is 0 Å². The minimum Gasteiger partial charge on any atom is -0.390 e. The predicted octanol–water partition coefficient (Wildman–Crippen LogP) is 2.01. The summed E-state index contributed by atoms with van der Waals surface area (Å²) in [5.41, 5.74) is -0.918. The molecule has 2 rings (SSSR count). The lowest BCUT2D eigenvalue weighted by Crippen LogP contribution is -2.40. The summed E-state index contributed by atoms with van der Waals surface area (Å²) in [4.78, 5) is 11.2. The van der Waals surface area contributed by atoms with Crippen LogP contribution >= 0.6 is 0 Å². The second-order valence-electron chi connectivity index (χ2n) is 6.89. The Morgan fingerprint density at radius 3 is 2.44 bits per heavy atom. The van der Waals surface area contributed by atoms with Crippen LogP contribution in [0.2, 0.25) is 0 Å². The Balaban J connectivity index is 2.01. The van der Waals surface area contributed by atoms with E-state index in [1.807, 2.05) is 0 Å². The third-order valence-electron chi connectivity index (χ3n) is 5.25. The topological polar surface area (TPSA) is 57.5 Å². The van der Waals surface area contributed by atoms with Crippen molar-refractivity contribution in [3.8, 4) is 0 Å². The molecular formula is C15H26O3. The normalized spacial score (nSPS) is 43.9. The lowest BCUT2D eigenvalue weighted by Gasteiger charge is -2.30. The summed E-state index contributed by atoms with van der Waals surface area (Å²) in [6, 6.07) is 0. The second-order valence-corrected chi connectivity index (χ2v) is 6.89. The number of Topliss-reactive ketones (excluding diaryl/α,β-unsaturated/α-hetero) is 1. The zero-order chi connectivity index (χ0) is 13.7. The van der Waals surface area contributed by atoms with Gasteiger partial charge in [-0.05, 0) is 56.3 Å². The Morgan fingerprint density at radius 2 is 2.06 bits per heavy atom. The fraction of sp³-hybridized carbons (Fsp3) is 0.933. The van der Waals surface area contributed by atoms with Crippen LogP contribution in [-0.2, 0) is 4.79 Å². The summed E-state index contributed by atoms with van der Waals surface area (Å²) in [6.07, 6.45) is 1.73. The number of hydrogen-bond donors (Lipinski definition) is 2. The molecule has 0 saturated heterocycles. The van der Waals surface area contributed by atoms with E-state index in [0.29, 0.717) is 30.1 Å². The van der Waals surface area contributed by atoms with Gasteiger partial charge < -0.3 is 15.0 Å². The molecule has 6 atom stereocenters. The zero-order valence-corrected chi connectivity index (χ0v) is 11.9. The van der Waals surface area contributed by atoms with Crippen molar-refractivity contribution in [2.24, 2.45) is 29.6 Å². The molecule has 18 heavy (non-hydrogen) atoms. The number of fused-ring (bicyclic) bond motifs is 1. The predicted molar refractivity (Wildman–Crippen MR) is 70.0 cm³/mol. The first kappa shape index (κ1) is 14.0. The molecule has 3 nitrogen and oxygen atoms in total. The number of carbonyl (C=O) groups excluding carboxylic acids is 1. The van der Waals surface area contributed by atoms with Gasteiger partial charge in [0.05, 0.1) is 11.7 Å². The van der Waals surface area contributed by atoms with E-state index in [0.717, 1.165) is 12.8 Å². The van der Waals surface area contributed by atoms with Crippen molar-refractivity contribution >= 4 is 5.78 Å². The van der Waals surface area contributed by atoms with E-state index in [1.54, 1.807) is 13.8 Å². The minimum atomic E-state index is -0.918. The molecule has 0 amide bonds. The molecule has 0 unspecified atom stereocenters. The third-order valence-corrected chi connectivity index (χ3v) is 5.25. The van der Waals surface area contributed by atoms with Crippen molar-refractivity contribution in [1.82, 2.24) is 0 Å². The maximum Gasteiger partial charge on any atom is 0.129 e. The van der Waals surface area contributed by atoms with Gasteiger partial charge >= 0.3 is 0 Å². The molecule has 0 aromatic carbocycles. The minimum absolute atomic E-state index is 0.242. The number of rotatable bonds is 5. The highest BCUT2D eigenvalue weighted by Gasteiger charge is 2.68. The fourth-order valence-electron chi connectivity index (χ4n) is 4.17. The molecule has 2 aliphatic carbocycles.